The third kappa shape index (κ3) is 2.88. The van der Waals surface area contributed by atoms with Gasteiger partial charge < -0.3 is 4.57 Å². The normalized spacial score (nSPS) is 12.0. The topological polar surface area (TPSA) is 99.2 Å². The van der Waals surface area contributed by atoms with Gasteiger partial charge >= 0.3 is 5.69 Å². The lowest BCUT2D eigenvalue weighted by atomic mass is 10.6. The van der Waals surface area contributed by atoms with Crippen LogP contribution in [0.4, 0.5) is 0 Å². The van der Waals surface area contributed by atoms with Gasteiger partial charge in [0.15, 0.2) is 4.90 Å². The number of hydrogen-bond acceptors (Lipinski definition) is 5. The maximum atomic E-state index is 12.5. The van der Waals surface area contributed by atoms with E-state index in [1.54, 1.807) is 23.1 Å². The van der Waals surface area contributed by atoms with Crippen LogP contribution in [-0.2, 0) is 30.7 Å². The zero-order valence-corrected chi connectivity index (χ0v) is 13.3. The predicted octanol–water partition coefficient (Wildman–Crippen LogP) is -1.40. The number of nitrogens with zero attached hydrogens (tertiary/aromatic N) is 5. The smallest absolute Gasteiger partial charge is 0.302 e. The molecule has 0 amide bonds. The minimum Gasteiger partial charge on any atom is -0.302 e. The maximum absolute atomic E-state index is 12.5. The Bertz CT molecular complexity index is 879. The zero-order valence-electron chi connectivity index (χ0n) is 12.5. The first-order valence-electron chi connectivity index (χ1n) is 6.45. The number of aromatic nitrogens is 4. The maximum Gasteiger partial charge on any atom is 0.330 e. The molecule has 0 fully saturated rings. The predicted molar refractivity (Wildman–Crippen MR) is 79.0 cm³/mol. The van der Waals surface area contributed by atoms with Gasteiger partial charge in [0.25, 0.3) is 5.56 Å². The van der Waals surface area contributed by atoms with E-state index in [1.165, 1.54) is 21.1 Å². The molecule has 0 unspecified atom stereocenters. The summed E-state index contributed by atoms with van der Waals surface area (Å²) in [5.74, 6) is 0. The molecule has 2 rings (SSSR count). The van der Waals surface area contributed by atoms with Crippen molar-refractivity contribution in [3.63, 3.8) is 0 Å². The second-order valence-corrected chi connectivity index (χ2v) is 6.86. The van der Waals surface area contributed by atoms with Gasteiger partial charge in [0.05, 0.1) is 6.54 Å². The van der Waals surface area contributed by atoms with Gasteiger partial charge in [-0.05, 0) is 6.07 Å². The van der Waals surface area contributed by atoms with Crippen molar-refractivity contribution in [1.82, 2.24) is 23.2 Å². The molecule has 0 saturated heterocycles. The van der Waals surface area contributed by atoms with E-state index in [0.29, 0.717) is 6.54 Å². The Labute approximate surface area is 127 Å². The Morgan fingerprint density at radius 1 is 1.27 bits per heavy atom. The van der Waals surface area contributed by atoms with Crippen LogP contribution >= 0.6 is 0 Å². The summed E-state index contributed by atoms with van der Waals surface area (Å²) in [6.45, 7) is 0.505. The summed E-state index contributed by atoms with van der Waals surface area (Å²) >= 11 is 0. The van der Waals surface area contributed by atoms with Crippen LogP contribution in [0.2, 0.25) is 0 Å². The van der Waals surface area contributed by atoms with E-state index in [9.17, 15) is 18.0 Å². The summed E-state index contributed by atoms with van der Waals surface area (Å²) < 4.78 is 29.5. The van der Waals surface area contributed by atoms with Crippen LogP contribution < -0.4 is 11.2 Å². The quantitative estimate of drug-likeness (QED) is 0.672. The van der Waals surface area contributed by atoms with Crippen LogP contribution in [-0.4, -0.2) is 45.2 Å². The average molecular weight is 327 g/mol. The molecular formula is C12H17N5O4S. The van der Waals surface area contributed by atoms with Crippen molar-refractivity contribution in [2.24, 2.45) is 14.1 Å². The van der Waals surface area contributed by atoms with Gasteiger partial charge in [-0.2, -0.15) is 9.40 Å². The summed E-state index contributed by atoms with van der Waals surface area (Å²) in [4.78, 5) is 23.2. The van der Waals surface area contributed by atoms with Crippen LogP contribution in [0.3, 0.4) is 0 Å². The van der Waals surface area contributed by atoms with Gasteiger partial charge in [0.1, 0.15) is 0 Å². The Morgan fingerprint density at radius 2 is 1.95 bits per heavy atom. The Balaban J connectivity index is 2.34. The van der Waals surface area contributed by atoms with Crippen molar-refractivity contribution in [2.45, 2.75) is 11.4 Å². The minimum absolute atomic E-state index is 0.149. The van der Waals surface area contributed by atoms with Crippen molar-refractivity contribution in [2.75, 3.05) is 13.6 Å². The standard InChI is InChI=1S/C12H17N5O4S/c1-14-9-10(11(18)16(3)12(14)19)22(20,21)15(2)7-8-17-6-4-5-13-17/h4-6,9H,7-8H2,1-3H3. The molecule has 120 valence electrons. The third-order valence-electron chi connectivity index (χ3n) is 3.31. The lowest BCUT2D eigenvalue weighted by Gasteiger charge is -2.17. The van der Waals surface area contributed by atoms with Gasteiger partial charge in [-0.15, -0.1) is 0 Å². The monoisotopic (exact) mass is 327 g/mol. The second-order valence-electron chi connectivity index (χ2n) is 4.85. The summed E-state index contributed by atoms with van der Waals surface area (Å²) in [7, 11) is 0.0298. The Morgan fingerprint density at radius 3 is 2.55 bits per heavy atom. The van der Waals surface area contributed by atoms with Crippen LogP contribution in [0.15, 0.2) is 39.1 Å². The van der Waals surface area contributed by atoms with Gasteiger partial charge in [-0.3, -0.25) is 14.0 Å². The fourth-order valence-corrected chi connectivity index (χ4v) is 3.22. The molecule has 0 aliphatic heterocycles. The molecule has 0 aliphatic rings. The number of hydrogen-bond donors (Lipinski definition) is 0. The molecule has 2 aromatic heterocycles. The summed E-state index contributed by atoms with van der Waals surface area (Å²) in [6.07, 6.45) is 4.35. The fraction of sp³-hybridized carbons (Fsp3) is 0.417. The van der Waals surface area contributed by atoms with Gasteiger partial charge in [0.2, 0.25) is 10.0 Å². The molecule has 0 radical (unpaired) electrons. The summed E-state index contributed by atoms with van der Waals surface area (Å²) in [5.41, 5.74) is -1.42. The third-order valence-corrected chi connectivity index (χ3v) is 5.15. The Hall–Kier alpha value is -2.20. The van der Waals surface area contributed by atoms with Gasteiger partial charge in [-0.1, -0.05) is 0 Å². The first-order valence-corrected chi connectivity index (χ1v) is 7.89. The van der Waals surface area contributed by atoms with E-state index >= 15 is 0 Å². The molecule has 0 saturated carbocycles. The molecule has 0 atom stereocenters. The second kappa shape index (κ2) is 5.89. The highest BCUT2D eigenvalue weighted by atomic mass is 32.2. The molecule has 0 bridgehead atoms. The lowest BCUT2D eigenvalue weighted by Crippen LogP contribution is -2.42. The molecule has 10 heteroatoms. The van der Waals surface area contributed by atoms with E-state index in [2.05, 4.69) is 5.10 Å². The molecule has 2 aromatic rings. The SMILES string of the molecule is CN(CCn1cccn1)S(=O)(=O)c1cn(C)c(=O)n(C)c1=O. The fourth-order valence-electron chi connectivity index (χ4n) is 1.92. The number of aryl methyl sites for hydroxylation is 1. The highest BCUT2D eigenvalue weighted by Crippen LogP contribution is 2.08. The molecular weight excluding hydrogens is 310 g/mol. The number of rotatable bonds is 5. The van der Waals surface area contributed by atoms with Crippen LogP contribution in [0, 0.1) is 0 Å². The van der Waals surface area contributed by atoms with Crippen molar-refractivity contribution in [3.05, 3.63) is 45.5 Å². The van der Waals surface area contributed by atoms with Crippen LogP contribution in [0.1, 0.15) is 0 Å². The van der Waals surface area contributed by atoms with E-state index < -0.39 is 26.2 Å². The Kier molecular flexibility index (Phi) is 4.33. The lowest BCUT2D eigenvalue weighted by molar-refractivity contribution is 0.430. The number of sulfonamides is 1. The molecule has 0 N–H and O–H groups in total. The van der Waals surface area contributed by atoms with Crippen molar-refractivity contribution in [3.8, 4) is 0 Å². The van der Waals surface area contributed by atoms with Crippen molar-refractivity contribution < 1.29 is 8.42 Å². The van der Waals surface area contributed by atoms with Crippen molar-refractivity contribution >= 4 is 10.0 Å². The average Bonchev–Trinajstić information content (AvgIpc) is 2.99. The van der Waals surface area contributed by atoms with E-state index in [1.807, 2.05) is 0 Å². The number of likely N-dealkylation sites (N-methyl/N-ethyl adjacent to an activating group) is 1. The van der Waals surface area contributed by atoms with E-state index in [-0.39, 0.29) is 6.54 Å². The van der Waals surface area contributed by atoms with Crippen molar-refractivity contribution in [1.29, 1.82) is 0 Å². The molecule has 0 aliphatic carbocycles. The highest BCUT2D eigenvalue weighted by Gasteiger charge is 2.26. The molecule has 0 aromatic carbocycles. The van der Waals surface area contributed by atoms with E-state index in [4.69, 9.17) is 0 Å². The van der Waals surface area contributed by atoms with E-state index in [0.717, 1.165) is 19.6 Å². The molecule has 22 heavy (non-hydrogen) atoms. The zero-order chi connectivity index (χ0) is 16.5. The minimum atomic E-state index is -3.99. The highest BCUT2D eigenvalue weighted by molar-refractivity contribution is 7.89. The van der Waals surface area contributed by atoms with Gasteiger partial charge in [0, 0.05) is 46.3 Å². The van der Waals surface area contributed by atoms with Crippen LogP contribution in [0.5, 0.6) is 0 Å². The summed E-state index contributed by atoms with van der Waals surface area (Å²) in [6, 6.07) is 1.73. The van der Waals surface area contributed by atoms with Crippen LogP contribution in [0.25, 0.3) is 0 Å². The first kappa shape index (κ1) is 16.2. The molecule has 2 heterocycles. The first-order chi connectivity index (χ1) is 10.2. The van der Waals surface area contributed by atoms with Gasteiger partial charge in [-0.25, -0.2) is 13.2 Å². The largest absolute Gasteiger partial charge is 0.330 e. The summed E-state index contributed by atoms with van der Waals surface area (Å²) in [5, 5.41) is 3.98. The molecule has 9 nitrogen and oxygen atoms in total. The molecule has 0 spiro atoms.